The van der Waals surface area contributed by atoms with E-state index in [0.29, 0.717) is 26.0 Å². The molecule has 144 valence electrons. The number of carbonyl (C=O) groups excluding carboxylic acids is 2. The van der Waals surface area contributed by atoms with Crippen molar-refractivity contribution in [2.75, 3.05) is 20.2 Å². The van der Waals surface area contributed by atoms with Gasteiger partial charge in [0, 0.05) is 13.0 Å². The van der Waals surface area contributed by atoms with E-state index >= 15 is 0 Å². The molecule has 2 rings (SSSR count). The molecule has 7 nitrogen and oxygen atoms in total. The molecule has 1 saturated heterocycles. The SMILES string of the molecule is CCOC(=O)C1CCCCN1C(=O)CCc1ccc(S(=O)(=O)NC)cc1. The lowest BCUT2D eigenvalue weighted by Gasteiger charge is -2.34. The standard InChI is InChI=1S/C18H26N2O5S/c1-3-25-18(22)16-6-4-5-13-20(16)17(21)12-9-14-7-10-15(11-8-14)26(23,24)19-2/h7-8,10-11,16,19H,3-6,9,12-13H2,1-2H3. The lowest BCUT2D eigenvalue weighted by atomic mass is 10.0. The van der Waals surface area contributed by atoms with Gasteiger partial charge in [0.15, 0.2) is 0 Å². The van der Waals surface area contributed by atoms with Crippen molar-refractivity contribution in [1.29, 1.82) is 0 Å². The van der Waals surface area contributed by atoms with Gasteiger partial charge in [0.1, 0.15) is 6.04 Å². The van der Waals surface area contributed by atoms with Crippen LogP contribution in [-0.2, 0) is 30.8 Å². The number of hydrogen-bond donors (Lipinski definition) is 1. The molecule has 1 aromatic rings. The maximum Gasteiger partial charge on any atom is 0.328 e. The second-order valence-corrected chi connectivity index (χ2v) is 8.09. The van der Waals surface area contributed by atoms with Crippen LogP contribution in [0.3, 0.4) is 0 Å². The number of likely N-dealkylation sites (tertiary alicyclic amines) is 1. The van der Waals surface area contributed by atoms with Gasteiger partial charge in [-0.2, -0.15) is 0 Å². The normalized spacial score (nSPS) is 17.8. The summed E-state index contributed by atoms with van der Waals surface area (Å²) in [5.41, 5.74) is 0.873. The molecule has 1 amide bonds. The molecule has 1 aliphatic heterocycles. The Morgan fingerprint density at radius 1 is 1.23 bits per heavy atom. The summed E-state index contributed by atoms with van der Waals surface area (Å²) in [4.78, 5) is 26.5. The minimum Gasteiger partial charge on any atom is -0.464 e. The molecule has 0 aliphatic carbocycles. The van der Waals surface area contributed by atoms with Crippen molar-refractivity contribution in [3.63, 3.8) is 0 Å². The van der Waals surface area contributed by atoms with Crippen LogP contribution in [0.25, 0.3) is 0 Å². The van der Waals surface area contributed by atoms with E-state index in [1.807, 2.05) is 0 Å². The zero-order chi connectivity index (χ0) is 19.2. The average Bonchev–Trinajstić information content (AvgIpc) is 2.66. The van der Waals surface area contributed by atoms with Gasteiger partial charge in [-0.15, -0.1) is 0 Å². The molecule has 1 aromatic carbocycles. The van der Waals surface area contributed by atoms with Gasteiger partial charge in [0.2, 0.25) is 15.9 Å². The number of carbonyl (C=O) groups is 2. The third-order valence-electron chi connectivity index (χ3n) is 4.51. The molecule has 1 heterocycles. The minimum absolute atomic E-state index is 0.0744. The van der Waals surface area contributed by atoms with Crippen molar-refractivity contribution in [2.45, 2.75) is 50.0 Å². The number of nitrogens with one attached hydrogen (secondary N) is 1. The predicted octanol–water partition coefficient (Wildman–Crippen LogP) is 1.47. The zero-order valence-electron chi connectivity index (χ0n) is 15.2. The van der Waals surface area contributed by atoms with Crippen LogP contribution in [0.15, 0.2) is 29.2 Å². The first-order valence-corrected chi connectivity index (χ1v) is 10.4. The van der Waals surface area contributed by atoms with E-state index in [1.54, 1.807) is 24.0 Å². The highest BCUT2D eigenvalue weighted by Gasteiger charge is 2.32. The molecule has 26 heavy (non-hydrogen) atoms. The van der Waals surface area contributed by atoms with Gasteiger partial charge >= 0.3 is 5.97 Å². The number of rotatable bonds is 7. The number of sulfonamides is 1. The Labute approximate surface area is 154 Å². The van der Waals surface area contributed by atoms with E-state index in [0.717, 1.165) is 18.4 Å². The number of ether oxygens (including phenoxy) is 1. The summed E-state index contributed by atoms with van der Waals surface area (Å²) in [6, 6.07) is 5.97. The molecule has 8 heteroatoms. The molecule has 1 unspecified atom stereocenters. The van der Waals surface area contributed by atoms with Crippen molar-refractivity contribution in [2.24, 2.45) is 0 Å². The largest absolute Gasteiger partial charge is 0.464 e. The van der Waals surface area contributed by atoms with Gasteiger partial charge in [-0.1, -0.05) is 12.1 Å². The number of esters is 1. The Balaban J connectivity index is 1.97. The van der Waals surface area contributed by atoms with Crippen LogP contribution >= 0.6 is 0 Å². The third-order valence-corrected chi connectivity index (χ3v) is 5.94. The summed E-state index contributed by atoms with van der Waals surface area (Å²) in [7, 11) is -2.10. The van der Waals surface area contributed by atoms with Gasteiger partial charge in [-0.25, -0.2) is 17.9 Å². The predicted molar refractivity (Wildman–Crippen MR) is 97.0 cm³/mol. The second-order valence-electron chi connectivity index (χ2n) is 6.20. The van der Waals surface area contributed by atoms with E-state index in [1.165, 1.54) is 19.2 Å². The molecular formula is C18H26N2O5S. The molecule has 0 radical (unpaired) electrons. The summed E-state index contributed by atoms with van der Waals surface area (Å²) in [6.45, 7) is 2.63. The maximum atomic E-state index is 12.6. The van der Waals surface area contributed by atoms with E-state index in [2.05, 4.69) is 4.72 Å². The van der Waals surface area contributed by atoms with Crippen molar-refractivity contribution >= 4 is 21.9 Å². The van der Waals surface area contributed by atoms with Crippen LogP contribution in [0.2, 0.25) is 0 Å². The highest BCUT2D eigenvalue weighted by molar-refractivity contribution is 7.89. The van der Waals surface area contributed by atoms with Crippen LogP contribution in [0.1, 0.15) is 38.2 Å². The summed E-state index contributed by atoms with van der Waals surface area (Å²) in [5.74, 6) is -0.406. The Morgan fingerprint density at radius 3 is 2.54 bits per heavy atom. The van der Waals surface area contributed by atoms with Crippen LogP contribution in [0, 0.1) is 0 Å². The van der Waals surface area contributed by atoms with E-state index in [4.69, 9.17) is 4.74 Å². The molecule has 1 fully saturated rings. The zero-order valence-corrected chi connectivity index (χ0v) is 16.0. The molecule has 1 N–H and O–H groups in total. The van der Waals surface area contributed by atoms with E-state index in [-0.39, 0.29) is 23.2 Å². The number of amides is 1. The lowest BCUT2D eigenvalue weighted by molar-refractivity contribution is -0.156. The van der Waals surface area contributed by atoms with Crippen molar-refractivity contribution in [1.82, 2.24) is 9.62 Å². The molecule has 0 bridgehead atoms. The van der Waals surface area contributed by atoms with Gasteiger partial charge in [0.05, 0.1) is 11.5 Å². The van der Waals surface area contributed by atoms with Crippen molar-refractivity contribution in [3.05, 3.63) is 29.8 Å². The fraction of sp³-hybridized carbons (Fsp3) is 0.556. The van der Waals surface area contributed by atoms with Crippen molar-refractivity contribution in [3.8, 4) is 0 Å². The number of hydrogen-bond acceptors (Lipinski definition) is 5. The van der Waals surface area contributed by atoms with Crippen LogP contribution in [0.5, 0.6) is 0 Å². The molecule has 0 aromatic heterocycles. The molecule has 0 saturated carbocycles. The first kappa shape index (κ1) is 20.4. The van der Waals surface area contributed by atoms with Gasteiger partial charge in [-0.05, 0) is 57.4 Å². The molecule has 0 spiro atoms. The number of aryl methyl sites for hydroxylation is 1. The van der Waals surface area contributed by atoms with Crippen LogP contribution in [-0.4, -0.2) is 51.4 Å². The monoisotopic (exact) mass is 382 g/mol. The van der Waals surface area contributed by atoms with Crippen LogP contribution in [0.4, 0.5) is 0 Å². The second kappa shape index (κ2) is 9.14. The number of benzene rings is 1. The fourth-order valence-electron chi connectivity index (χ4n) is 3.06. The minimum atomic E-state index is -3.46. The number of piperidine rings is 1. The third kappa shape index (κ3) is 5.04. The number of nitrogens with zero attached hydrogens (tertiary/aromatic N) is 1. The van der Waals surface area contributed by atoms with Crippen LogP contribution < -0.4 is 4.72 Å². The summed E-state index contributed by atoms with van der Waals surface area (Å²) in [6.07, 6.45) is 3.20. The van der Waals surface area contributed by atoms with Crippen molar-refractivity contribution < 1.29 is 22.7 Å². The molecule has 1 atom stereocenters. The maximum absolute atomic E-state index is 12.6. The first-order chi connectivity index (χ1) is 12.4. The smallest absolute Gasteiger partial charge is 0.328 e. The van der Waals surface area contributed by atoms with Gasteiger partial charge < -0.3 is 9.64 Å². The highest BCUT2D eigenvalue weighted by atomic mass is 32.2. The Bertz CT molecular complexity index is 730. The van der Waals surface area contributed by atoms with E-state index < -0.39 is 16.1 Å². The first-order valence-electron chi connectivity index (χ1n) is 8.87. The van der Waals surface area contributed by atoms with Gasteiger partial charge in [-0.3, -0.25) is 4.79 Å². The average molecular weight is 382 g/mol. The Hall–Kier alpha value is -1.93. The van der Waals surface area contributed by atoms with E-state index in [9.17, 15) is 18.0 Å². The fourth-order valence-corrected chi connectivity index (χ4v) is 3.79. The topological polar surface area (TPSA) is 92.8 Å². The highest BCUT2D eigenvalue weighted by Crippen LogP contribution is 2.20. The summed E-state index contributed by atoms with van der Waals surface area (Å²) >= 11 is 0. The summed E-state index contributed by atoms with van der Waals surface area (Å²) in [5, 5.41) is 0. The Morgan fingerprint density at radius 2 is 1.92 bits per heavy atom. The lowest BCUT2D eigenvalue weighted by Crippen LogP contribution is -2.48. The molecule has 1 aliphatic rings. The quantitative estimate of drug-likeness (QED) is 0.721. The summed E-state index contributed by atoms with van der Waals surface area (Å²) < 4.78 is 30.8. The Kier molecular flexibility index (Phi) is 7.16. The van der Waals surface area contributed by atoms with Gasteiger partial charge in [0.25, 0.3) is 0 Å². The molecular weight excluding hydrogens is 356 g/mol.